The predicted octanol–water partition coefficient (Wildman–Crippen LogP) is 2.50. The van der Waals surface area contributed by atoms with E-state index in [9.17, 15) is 0 Å². The quantitative estimate of drug-likeness (QED) is 0.852. The zero-order chi connectivity index (χ0) is 12.1. The molecule has 1 nitrogen and oxygen atoms in total. The number of nitrogens with two attached hydrogens (primary N) is 1. The third kappa shape index (κ3) is 3.99. The van der Waals surface area contributed by atoms with Gasteiger partial charge in [-0.05, 0) is 0 Å². The van der Waals surface area contributed by atoms with Gasteiger partial charge in [0.05, 0.1) is 0 Å². The molecule has 0 atom stereocenters. The standard InChI is InChI=1S/C15H21NSe/c1-13-5-7-14(8-6-13)17-12-11-15(16)9-3-2-4-10-15/h5-8,11-12H,2-4,9-10,16H2,1H3. The third-order valence-electron chi connectivity index (χ3n) is 3.41. The number of hydrogen-bond donors (Lipinski definition) is 1. The normalized spacial score (nSPS) is 19.6. The van der Waals surface area contributed by atoms with Crippen LogP contribution in [0.4, 0.5) is 0 Å². The van der Waals surface area contributed by atoms with Crippen molar-refractivity contribution in [3.8, 4) is 0 Å². The fourth-order valence-corrected chi connectivity index (χ4v) is 3.90. The van der Waals surface area contributed by atoms with E-state index in [1.807, 2.05) is 0 Å². The zero-order valence-electron chi connectivity index (χ0n) is 10.5. The Morgan fingerprint density at radius 2 is 1.76 bits per heavy atom. The Labute approximate surface area is 111 Å². The van der Waals surface area contributed by atoms with E-state index in [0.29, 0.717) is 15.0 Å². The van der Waals surface area contributed by atoms with Gasteiger partial charge in [-0.3, -0.25) is 0 Å². The molecule has 0 heterocycles. The van der Waals surface area contributed by atoms with Gasteiger partial charge in [-0.15, -0.1) is 0 Å². The molecule has 17 heavy (non-hydrogen) atoms. The van der Waals surface area contributed by atoms with Crippen LogP contribution in [-0.4, -0.2) is 20.5 Å². The minimum absolute atomic E-state index is 0.00923. The van der Waals surface area contributed by atoms with E-state index < -0.39 is 0 Å². The van der Waals surface area contributed by atoms with Gasteiger partial charge in [-0.1, -0.05) is 0 Å². The van der Waals surface area contributed by atoms with Crippen LogP contribution in [0.15, 0.2) is 35.3 Å². The van der Waals surface area contributed by atoms with Crippen molar-refractivity contribution in [2.75, 3.05) is 0 Å². The molecule has 0 aromatic heterocycles. The zero-order valence-corrected chi connectivity index (χ0v) is 12.2. The van der Waals surface area contributed by atoms with Gasteiger partial charge < -0.3 is 0 Å². The minimum atomic E-state index is -0.00923. The van der Waals surface area contributed by atoms with Crippen LogP contribution in [0, 0.1) is 6.92 Å². The second-order valence-electron chi connectivity index (χ2n) is 5.03. The van der Waals surface area contributed by atoms with E-state index in [4.69, 9.17) is 5.73 Å². The molecule has 1 aromatic carbocycles. The molecule has 1 saturated carbocycles. The summed E-state index contributed by atoms with van der Waals surface area (Å²) in [5.41, 5.74) is 7.69. The Balaban J connectivity index is 1.90. The topological polar surface area (TPSA) is 26.0 Å². The summed E-state index contributed by atoms with van der Waals surface area (Å²) in [5.74, 6) is 0. The van der Waals surface area contributed by atoms with Crippen LogP contribution < -0.4 is 10.2 Å². The molecule has 1 fully saturated rings. The van der Waals surface area contributed by atoms with Gasteiger partial charge in [0.25, 0.3) is 0 Å². The number of rotatable bonds is 3. The summed E-state index contributed by atoms with van der Waals surface area (Å²) in [6.07, 6.45) is 8.53. The maximum atomic E-state index is 6.37. The van der Waals surface area contributed by atoms with Gasteiger partial charge in [0, 0.05) is 0 Å². The fraction of sp³-hybridized carbons (Fsp3) is 0.467. The summed E-state index contributed by atoms with van der Waals surface area (Å²) < 4.78 is 1.43. The molecule has 0 unspecified atom stereocenters. The van der Waals surface area contributed by atoms with Gasteiger partial charge in [-0.25, -0.2) is 0 Å². The van der Waals surface area contributed by atoms with Crippen LogP contribution in [0.25, 0.3) is 0 Å². The summed E-state index contributed by atoms with van der Waals surface area (Å²) in [4.78, 5) is 2.31. The average Bonchev–Trinajstić information content (AvgIpc) is 2.32. The van der Waals surface area contributed by atoms with Crippen LogP contribution in [0.5, 0.6) is 0 Å². The van der Waals surface area contributed by atoms with Crippen LogP contribution in [0.3, 0.4) is 0 Å². The number of aryl methyl sites for hydroxylation is 1. The molecule has 0 saturated heterocycles. The number of hydrogen-bond acceptors (Lipinski definition) is 1. The molecule has 2 rings (SSSR count). The Morgan fingerprint density at radius 1 is 1.12 bits per heavy atom. The first-order chi connectivity index (χ1) is 8.18. The van der Waals surface area contributed by atoms with Gasteiger partial charge in [-0.2, -0.15) is 0 Å². The van der Waals surface area contributed by atoms with Crippen LogP contribution in [0.1, 0.15) is 37.7 Å². The second-order valence-corrected chi connectivity index (χ2v) is 7.08. The van der Waals surface area contributed by atoms with E-state index >= 15 is 0 Å². The molecule has 0 radical (unpaired) electrons. The second kappa shape index (κ2) is 5.86. The maximum absolute atomic E-state index is 6.37. The molecule has 0 amide bonds. The van der Waals surface area contributed by atoms with E-state index in [-0.39, 0.29) is 5.54 Å². The van der Waals surface area contributed by atoms with Crippen molar-refractivity contribution >= 4 is 19.4 Å². The molecule has 0 aliphatic heterocycles. The summed E-state index contributed by atoms with van der Waals surface area (Å²) in [7, 11) is 0. The van der Waals surface area contributed by atoms with Crippen molar-refractivity contribution in [2.24, 2.45) is 5.73 Å². The Kier molecular flexibility index (Phi) is 4.44. The van der Waals surface area contributed by atoms with Crippen LogP contribution in [-0.2, 0) is 0 Å². The average molecular weight is 294 g/mol. The Bertz CT molecular complexity index is 374. The molecule has 92 valence electrons. The molecule has 0 bridgehead atoms. The monoisotopic (exact) mass is 295 g/mol. The molecular weight excluding hydrogens is 273 g/mol. The van der Waals surface area contributed by atoms with Crippen molar-refractivity contribution in [2.45, 2.75) is 44.6 Å². The Hall–Kier alpha value is -0.561. The molecule has 2 N–H and O–H groups in total. The van der Waals surface area contributed by atoms with Gasteiger partial charge in [0.15, 0.2) is 0 Å². The van der Waals surface area contributed by atoms with E-state index in [2.05, 4.69) is 42.2 Å². The van der Waals surface area contributed by atoms with Crippen LogP contribution in [0.2, 0.25) is 0 Å². The fourth-order valence-electron chi connectivity index (χ4n) is 2.24. The molecule has 0 spiro atoms. The number of benzene rings is 1. The molecular formula is C15H21NSe. The van der Waals surface area contributed by atoms with Crippen LogP contribution >= 0.6 is 0 Å². The van der Waals surface area contributed by atoms with Crippen molar-refractivity contribution in [3.63, 3.8) is 0 Å². The molecule has 1 aliphatic carbocycles. The van der Waals surface area contributed by atoms with Crippen molar-refractivity contribution < 1.29 is 0 Å². The van der Waals surface area contributed by atoms with Gasteiger partial charge in [0.2, 0.25) is 0 Å². The molecule has 1 aliphatic rings. The van der Waals surface area contributed by atoms with E-state index in [1.54, 1.807) is 0 Å². The van der Waals surface area contributed by atoms with E-state index in [1.165, 1.54) is 29.3 Å². The first kappa shape index (κ1) is 12.9. The summed E-state index contributed by atoms with van der Waals surface area (Å²) in [5, 5.41) is 0. The van der Waals surface area contributed by atoms with Crippen molar-refractivity contribution in [1.82, 2.24) is 0 Å². The third-order valence-corrected chi connectivity index (χ3v) is 5.12. The summed E-state index contributed by atoms with van der Waals surface area (Å²) in [6, 6.07) is 8.82. The Morgan fingerprint density at radius 3 is 2.41 bits per heavy atom. The summed E-state index contributed by atoms with van der Waals surface area (Å²) >= 11 is 0.428. The van der Waals surface area contributed by atoms with Crippen molar-refractivity contribution in [1.29, 1.82) is 0 Å². The molecule has 2 heteroatoms. The molecule has 1 aromatic rings. The summed E-state index contributed by atoms with van der Waals surface area (Å²) in [6.45, 7) is 2.13. The van der Waals surface area contributed by atoms with Crippen molar-refractivity contribution in [3.05, 3.63) is 40.9 Å². The first-order valence-electron chi connectivity index (χ1n) is 6.38. The van der Waals surface area contributed by atoms with Gasteiger partial charge in [0.1, 0.15) is 0 Å². The predicted molar refractivity (Wildman–Crippen MR) is 75.7 cm³/mol. The first-order valence-corrected chi connectivity index (χ1v) is 8.22. The SMILES string of the molecule is Cc1ccc([Se]C=CC2(N)CCCCC2)cc1. The van der Waals surface area contributed by atoms with E-state index in [0.717, 1.165) is 12.8 Å². The van der Waals surface area contributed by atoms with Gasteiger partial charge >= 0.3 is 111 Å².